The maximum Gasteiger partial charge on any atom is 0.245 e. The molecule has 0 bridgehead atoms. The summed E-state index contributed by atoms with van der Waals surface area (Å²) < 4.78 is 9.83. The molecule has 0 fully saturated rings. The third-order valence-electron chi connectivity index (χ3n) is 1.50. The molecule has 1 amide bonds. The Labute approximate surface area is 86.5 Å². The highest BCUT2D eigenvalue weighted by atomic mass is 16.7. The van der Waals surface area contributed by atoms with Crippen LogP contribution in [0.3, 0.4) is 0 Å². The molecule has 14 heavy (non-hydrogen) atoms. The normalized spacial score (nSPS) is 9.00. The van der Waals surface area contributed by atoms with Gasteiger partial charge in [0.1, 0.15) is 0 Å². The van der Waals surface area contributed by atoms with Crippen molar-refractivity contribution in [3.63, 3.8) is 0 Å². The van der Waals surface area contributed by atoms with Crippen molar-refractivity contribution in [2.75, 3.05) is 27.8 Å². The van der Waals surface area contributed by atoms with Crippen LogP contribution in [0.4, 0.5) is 0 Å². The zero-order valence-electron chi connectivity index (χ0n) is 9.74. The predicted molar refractivity (Wildman–Crippen MR) is 57.0 cm³/mol. The molecule has 4 nitrogen and oxygen atoms in total. The lowest BCUT2D eigenvalue weighted by Crippen LogP contribution is -2.34. The molecule has 0 aromatic carbocycles. The molecule has 0 spiro atoms. The zero-order chi connectivity index (χ0) is 11.6. The van der Waals surface area contributed by atoms with Gasteiger partial charge in [-0.1, -0.05) is 20.4 Å². The predicted octanol–water partition coefficient (Wildman–Crippen LogP) is 1.28. The Bertz CT molecular complexity index is 155. The maximum absolute atomic E-state index is 11.0. The summed E-state index contributed by atoms with van der Waals surface area (Å²) in [6, 6.07) is 0. The van der Waals surface area contributed by atoms with Gasteiger partial charge >= 0.3 is 0 Å². The average Bonchev–Trinajstić information content (AvgIpc) is 2.26. The molecule has 0 heterocycles. The molecule has 0 unspecified atom stereocenters. The number of likely N-dealkylation sites (N-methyl/N-ethyl adjacent to an activating group) is 1. The van der Waals surface area contributed by atoms with Crippen molar-refractivity contribution in [3.8, 4) is 0 Å². The Hall–Kier alpha value is -0.870. The summed E-state index contributed by atoms with van der Waals surface area (Å²) in [4.78, 5) is 12.5. The topological polar surface area (TPSA) is 38.8 Å². The number of amides is 1. The lowest BCUT2D eigenvalue weighted by Gasteiger charge is -2.20. The number of nitrogens with zero attached hydrogens (tertiary/aromatic N) is 1. The van der Waals surface area contributed by atoms with Gasteiger partial charge in [0.15, 0.2) is 6.29 Å². The maximum atomic E-state index is 11.0. The molecule has 0 atom stereocenters. The van der Waals surface area contributed by atoms with E-state index >= 15 is 0 Å². The first-order valence-electron chi connectivity index (χ1n) is 4.58. The number of methoxy groups -OCH3 is 2. The number of hydrogen-bond acceptors (Lipinski definition) is 3. The standard InChI is InChI=1S/C8H15NO3.C2H6/c1-5-7(10)9(2)6-8(11-3)12-4;1-2/h5,8H,1,6H2,2-4H3;1-2H3. The molecule has 0 aromatic rings. The van der Waals surface area contributed by atoms with Crippen LogP contribution in [0.1, 0.15) is 13.8 Å². The van der Waals surface area contributed by atoms with Gasteiger partial charge in [-0.2, -0.15) is 0 Å². The summed E-state index contributed by atoms with van der Waals surface area (Å²) >= 11 is 0. The largest absolute Gasteiger partial charge is 0.354 e. The summed E-state index contributed by atoms with van der Waals surface area (Å²) in [5, 5.41) is 0. The molecule has 4 heteroatoms. The fourth-order valence-corrected chi connectivity index (χ4v) is 0.715. The lowest BCUT2D eigenvalue weighted by atomic mass is 10.4. The summed E-state index contributed by atoms with van der Waals surface area (Å²) in [5.74, 6) is -0.144. The molecule has 0 radical (unpaired) electrons. The first kappa shape index (κ1) is 15.6. The van der Waals surface area contributed by atoms with Crippen molar-refractivity contribution < 1.29 is 14.3 Å². The van der Waals surface area contributed by atoms with Crippen molar-refractivity contribution in [2.45, 2.75) is 20.1 Å². The van der Waals surface area contributed by atoms with E-state index in [-0.39, 0.29) is 12.2 Å². The second-order valence-electron chi connectivity index (χ2n) is 2.32. The first-order valence-corrected chi connectivity index (χ1v) is 4.58. The minimum absolute atomic E-state index is 0.144. The van der Waals surface area contributed by atoms with Crippen LogP contribution < -0.4 is 0 Å². The fourth-order valence-electron chi connectivity index (χ4n) is 0.715. The van der Waals surface area contributed by atoms with Crippen LogP contribution in [0.5, 0.6) is 0 Å². The van der Waals surface area contributed by atoms with E-state index in [1.54, 1.807) is 7.05 Å². The van der Waals surface area contributed by atoms with Crippen LogP contribution in [-0.4, -0.2) is 44.9 Å². The smallest absolute Gasteiger partial charge is 0.245 e. The van der Waals surface area contributed by atoms with Crippen LogP contribution in [-0.2, 0) is 14.3 Å². The van der Waals surface area contributed by atoms with Gasteiger partial charge in [-0.05, 0) is 6.08 Å². The first-order chi connectivity index (χ1) is 6.65. The molecular weight excluding hydrogens is 182 g/mol. The van der Waals surface area contributed by atoms with Crippen molar-refractivity contribution in [1.82, 2.24) is 4.90 Å². The number of carbonyl (C=O) groups is 1. The SMILES string of the molecule is C=CC(=O)N(C)CC(OC)OC.CC. The van der Waals surface area contributed by atoms with Crippen molar-refractivity contribution in [3.05, 3.63) is 12.7 Å². The Morgan fingerprint density at radius 2 is 1.86 bits per heavy atom. The number of rotatable bonds is 5. The highest BCUT2D eigenvalue weighted by molar-refractivity contribution is 5.86. The molecule has 0 aliphatic heterocycles. The number of carbonyl (C=O) groups excluding carboxylic acids is 1. The minimum Gasteiger partial charge on any atom is -0.354 e. The van der Waals surface area contributed by atoms with Crippen molar-refractivity contribution in [2.24, 2.45) is 0 Å². The molecule has 0 aliphatic rings. The van der Waals surface area contributed by atoms with Gasteiger partial charge in [-0.25, -0.2) is 0 Å². The van der Waals surface area contributed by atoms with E-state index in [4.69, 9.17) is 9.47 Å². The third kappa shape index (κ3) is 6.62. The van der Waals surface area contributed by atoms with Gasteiger partial charge in [0, 0.05) is 21.3 Å². The van der Waals surface area contributed by atoms with Crippen LogP contribution >= 0.6 is 0 Å². The quantitative estimate of drug-likeness (QED) is 0.499. The van der Waals surface area contributed by atoms with E-state index in [1.807, 2.05) is 13.8 Å². The van der Waals surface area contributed by atoms with Crippen LogP contribution in [0.15, 0.2) is 12.7 Å². The third-order valence-corrected chi connectivity index (χ3v) is 1.50. The summed E-state index contributed by atoms with van der Waals surface area (Å²) in [5.41, 5.74) is 0. The van der Waals surface area contributed by atoms with E-state index < -0.39 is 0 Å². The van der Waals surface area contributed by atoms with Gasteiger partial charge in [-0.15, -0.1) is 0 Å². The molecular formula is C10H21NO3. The highest BCUT2D eigenvalue weighted by Gasteiger charge is 2.11. The summed E-state index contributed by atoms with van der Waals surface area (Å²) in [7, 11) is 4.72. The van der Waals surface area contributed by atoms with Crippen molar-refractivity contribution in [1.29, 1.82) is 0 Å². The lowest BCUT2D eigenvalue weighted by molar-refractivity contribution is -0.138. The average molecular weight is 203 g/mol. The van der Waals surface area contributed by atoms with Gasteiger partial charge in [0.2, 0.25) is 5.91 Å². The van der Waals surface area contributed by atoms with E-state index in [1.165, 1.54) is 25.2 Å². The molecule has 0 saturated carbocycles. The van der Waals surface area contributed by atoms with Crippen molar-refractivity contribution >= 4 is 5.91 Å². The molecule has 0 aliphatic carbocycles. The molecule has 0 rings (SSSR count). The molecule has 84 valence electrons. The Morgan fingerprint density at radius 3 is 2.14 bits per heavy atom. The molecule has 0 N–H and O–H groups in total. The fraction of sp³-hybridized carbons (Fsp3) is 0.700. The van der Waals surface area contributed by atoms with E-state index in [0.29, 0.717) is 6.54 Å². The second kappa shape index (κ2) is 10.2. The Balaban J connectivity index is 0. The Morgan fingerprint density at radius 1 is 1.43 bits per heavy atom. The van der Waals surface area contributed by atoms with Gasteiger partial charge in [0.25, 0.3) is 0 Å². The number of hydrogen-bond donors (Lipinski definition) is 0. The van der Waals surface area contributed by atoms with Gasteiger partial charge in [-0.3, -0.25) is 4.79 Å². The number of ether oxygens (including phenoxy) is 2. The summed E-state index contributed by atoms with van der Waals surface area (Å²) in [6.45, 7) is 7.77. The second-order valence-corrected chi connectivity index (χ2v) is 2.32. The van der Waals surface area contributed by atoms with Gasteiger partial charge < -0.3 is 14.4 Å². The van der Waals surface area contributed by atoms with E-state index in [2.05, 4.69) is 6.58 Å². The van der Waals surface area contributed by atoms with Crippen LogP contribution in [0, 0.1) is 0 Å². The minimum atomic E-state index is -0.376. The van der Waals surface area contributed by atoms with Crippen LogP contribution in [0.2, 0.25) is 0 Å². The molecule has 0 aromatic heterocycles. The van der Waals surface area contributed by atoms with Gasteiger partial charge in [0.05, 0.1) is 6.54 Å². The van der Waals surface area contributed by atoms with E-state index in [9.17, 15) is 4.79 Å². The molecule has 0 saturated heterocycles. The zero-order valence-corrected chi connectivity index (χ0v) is 9.74. The van der Waals surface area contributed by atoms with Crippen LogP contribution in [0.25, 0.3) is 0 Å². The van der Waals surface area contributed by atoms with E-state index in [0.717, 1.165) is 0 Å². The Kier molecular flexibility index (Phi) is 11.4. The highest BCUT2D eigenvalue weighted by Crippen LogP contribution is 1.95. The monoisotopic (exact) mass is 203 g/mol. The summed E-state index contributed by atoms with van der Waals surface area (Å²) in [6.07, 6.45) is 0.876.